The Kier molecular flexibility index (Phi) is 6.13. The van der Waals surface area contributed by atoms with Crippen molar-refractivity contribution in [2.45, 2.75) is 64.0 Å². The third kappa shape index (κ3) is 4.70. The zero-order chi connectivity index (χ0) is 21.1. The molecule has 4 rings (SSSR count). The zero-order valence-corrected chi connectivity index (χ0v) is 17.8. The highest BCUT2D eigenvalue weighted by molar-refractivity contribution is 5.95. The lowest BCUT2D eigenvalue weighted by atomic mass is 9.89. The highest BCUT2D eigenvalue weighted by Crippen LogP contribution is 2.30. The molecule has 0 bridgehead atoms. The van der Waals surface area contributed by atoms with Gasteiger partial charge in [-0.05, 0) is 82.7 Å². The second-order valence-electron chi connectivity index (χ2n) is 8.62. The van der Waals surface area contributed by atoms with E-state index < -0.39 is 5.91 Å². The summed E-state index contributed by atoms with van der Waals surface area (Å²) in [5.41, 5.74) is 7.76. The largest absolute Gasteiger partial charge is 0.365 e. The van der Waals surface area contributed by atoms with Crippen LogP contribution in [0.15, 0.2) is 24.3 Å². The summed E-state index contributed by atoms with van der Waals surface area (Å²) in [7, 11) is 0. The van der Waals surface area contributed by atoms with Crippen LogP contribution < -0.4 is 16.4 Å². The van der Waals surface area contributed by atoms with Gasteiger partial charge in [0.05, 0.1) is 0 Å². The van der Waals surface area contributed by atoms with Crippen LogP contribution in [0, 0.1) is 0 Å². The number of hydrogen-bond donors (Lipinski definition) is 3. The van der Waals surface area contributed by atoms with Crippen molar-refractivity contribution in [3.63, 3.8) is 0 Å². The summed E-state index contributed by atoms with van der Waals surface area (Å²) in [6, 6.07) is 9.39. The van der Waals surface area contributed by atoms with Gasteiger partial charge in [0.2, 0.25) is 5.95 Å². The van der Waals surface area contributed by atoms with Crippen molar-refractivity contribution >= 4 is 23.4 Å². The van der Waals surface area contributed by atoms with E-state index in [4.69, 9.17) is 5.73 Å². The number of benzene rings is 1. The molecule has 2 aromatic rings. The standard InChI is InChI=1S/C22H31N7O/c1-14(2)29-12-10-16(11-13-29)15-6-8-18(9-7-15)25-22-26-21(24-17-4-3-5-17)19(20(23)30)27-28-22/h6-9,14,16-17H,3-5,10-13H2,1-2H3,(H2,23,30)(H2,24,25,26,28). The molecule has 1 amide bonds. The molecule has 0 atom stereocenters. The fourth-order valence-corrected chi connectivity index (χ4v) is 4.11. The number of amides is 1. The van der Waals surface area contributed by atoms with E-state index in [1.165, 1.54) is 24.8 Å². The Hall–Kier alpha value is -2.74. The van der Waals surface area contributed by atoms with E-state index in [1.807, 2.05) is 0 Å². The Morgan fingerprint density at radius 2 is 1.80 bits per heavy atom. The van der Waals surface area contributed by atoms with Crippen molar-refractivity contribution in [2.75, 3.05) is 23.7 Å². The van der Waals surface area contributed by atoms with Gasteiger partial charge in [-0.15, -0.1) is 10.2 Å². The van der Waals surface area contributed by atoms with Crippen molar-refractivity contribution in [1.82, 2.24) is 20.1 Å². The van der Waals surface area contributed by atoms with Crippen molar-refractivity contribution < 1.29 is 4.79 Å². The second-order valence-corrected chi connectivity index (χ2v) is 8.62. The molecule has 0 radical (unpaired) electrons. The summed E-state index contributed by atoms with van der Waals surface area (Å²) in [6.07, 6.45) is 5.69. The topological polar surface area (TPSA) is 109 Å². The van der Waals surface area contributed by atoms with Gasteiger partial charge in [-0.25, -0.2) is 0 Å². The number of carbonyl (C=O) groups excluding carboxylic acids is 1. The second kappa shape index (κ2) is 8.95. The lowest BCUT2D eigenvalue weighted by Crippen LogP contribution is -2.37. The van der Waals surface area contributed by atoms with E-state index in [-0.39, 0.29) is 5.69 Å². The smallest absolute Gasteiger partial charge is 0.273 e. The number of anilines is 3. The summed E-state index contributed by atoms with van der Waals surface area (Å²) >= 11 is 0. The van der Waals surface area contributed by atoms with E-state index in [0.29, 0.717) is 29.8 Å². The average molecular weight is 410 g/mol. The fourth-order valence-electron chi connectivity index (χ4n) is 4.11. The Morgan fingerprint density at radius 3 is 2.37 bits per heavy atom. The van der Waals surface area contributed by atoms with Crippen LogP contribution in [0.5, 0.6) is 0 Å². The number of nitrogens with two attached hydrogens (primary N) is 1. The van der Waals surface area contributed by atoms with Crippen molar-refractivity contribution in [2.24, 2.45) is 5.73 Å². The van der Waals surface area contributed by atoms with Gasteiger partial charge in [0, 0.05) is 17.8 Å². The summed E-state index contributed by atoms with van der Waals surface area (Å²) in [4.78, 5) is 18.6. The minimum atomic E-state index is -0.628. The van der Waals surface area contributed by atoms with E-state index in [9.17, 15) is 4.79 Å². The van der Waals surface area contributed by atoms with Crippen molar-refractivity contribution in [3.05, 3.63) is 35.5 Å². The quantitative estimate of drug-likeness (QED) is 0.644. The number of likely N-dealkylation sites (tertiary alicyclic amines) is 1. The molecule has 0 spiro atoms. The summed E-state index contributed by atoms with van der Waals surface area (Å²) in [5.74, 6) is 0.731. The average Bonchev–Trinajstić information content (AvgIpc) is 2.71. The van der Waals surface area contributed by atoms with Gasteiger partial charge >= 0.3 is 0 Å². The highest BCUT2D eigenvalue weighted by Gasteiger charge is 2.23. The van der Waals surface area contributed by atoms with Gasteiger partial charge in [0.25, 0.3) is 5.91 Å². The maximum absolute atomic E-state index is 11.6. The third-order valence-corrected chi connectivity index (χ3v) is 6.26. The van der Waals surface area contributed by atoms with Gasteiger partial charge in [0.1, 0.15) is 0 Å². The summed E-state index contributed by atoms with van der Waals surface area (Å²) in [6.45, 7) is 6.84. The monoisotopic (exact) mass is 409 g/mol. The normalized spacial score (nSPS) is 18.2. The first kappa shape index (κ1) is 20.5. The van der Waals surface area contributed by atoms with Crippen LogP contribution >= 0.6 is 0 Å². The van der Waals surface area contributed by atoms with Crippen molar-refractivity contribution in [3.8, 4) is 0 Å². The summed E-state index contributed by atoms with van der Waals surface area (Å²) < 4.78 is 0. The zero-order valence-electron chi connectivity index (χ0n) is 17.8. The van der Waals surface area contributed by atoms with Gasteiger partial charge in [-0.3, -0.25) is 4.79 Å². The number of hydrogen-bond acceptors (Lipinski definition) is 7. The SMILES string of the molecule is CC(C)N1CCC(c2ccc(Nc3nnc(C(N)=O)c(NC4CCC4)n3)cc2)CC1. The molecule has 2 heterocycles. The minimum Gasteiger partial charge on any atom is -0.365 e. The van der Waals surface area contributed by atoms with E-state index in [2.05, 4.69) is 68.8 Å². The Labute approximate surface area is 177 Å². The number of aromatic nitrogens is 3. The molecule has 2 fully saturated rings. The van der Waals surface area contributed by atoms with Crippen LogP contribution in [0.2, 0.25) is 0 Å². The molecule has 1 saturated carbocycles. The Bertz CT molecular complexity index is 872. The molecule has 160 valence electrons. The predicted molar refractivity (Wildman–Crippen MR) is 118 cm³/mol. The van der Waals surface area contributed by atoms with Crippen LogP contribution in [-0.2, 0) is 0 Å². The molecule has 30 heavy (non-hydrogen) atoms. The number of rotatable bonds is 7. The molecule has 2 aliphatic rings. The van der Waals surface area contributed by atoms with Crippen LogP contribution in [0.4, 0.5) is 17.5 Å². The van der Waals surface area contributed by atoms with Crippen LogP contribution in [-0.4, -0.2) is 51.2 Å². The molecule has 8 heteroatoms. The molecule has 1 saturated heterocycles. The van der Waals surface area contributed by atoms with Gasteiger partial charge in [0.15, 0.2) is 11.5 Å². The molecule has 1 aliphatic heterocycles. The molecular formula is C22H31N7O. The predicted octanol–water partition coefficient (Wildman–Crippen LogP) is 3.27. The number of carbonyl (C=O) groups is 1. The maximum Gasteiger partial charge on any atom is 0.273 e. The number of nitrogens with one attached hydrogen (secondary N) is 2. The third-order valence-electron chi connectivity index (χ3n) is 6.26. The van der Waals surface area contributed by atoms with Crippen LogP contribution in [0.25, 0.3) is 0 Å². The lowest BCUT2D eigenvalue weighted by molar-refractivity contribution is 0.0995. The van der Waals surface area contributed by atoms with Crippen molar-refractivity contribution in [1.29, 1.82) is 0 Å². The molecule has 8 nitrogen and oxygen atoms in total. The number of nitrogens with zero attached hydrogens (tertiary/aromatic N) is 4. The van der Waals surface area contributed by atoms with E-state index in [0.717, 1.165) is 31.6 Å². The van der Waals surface area contributed by atoms with Gasteiger partial charge < -0.3 is 21.3 Å². The van der Waals surface area contributed by atoms with E-state index in [1.54, 1.807) is 0 Å². The first-order valence-electron chi connectivity index (χ1n) is 10.9. The number of primary amides is 1. The van der Waals surface area contributed by atoms with Gasteiger partial charge in [-0.2, -0.15) is 4.98 Å². The lowest BCUT2D eigenvalue weighted by Gasteiger charge is -2.34. The Balaban J connectivity index is 1.41. The number of piperidine rings is 1. The van der Waals surface area contributed by atoms with Crippen LogP contribution in [0.3, 0.4) is 0 Å². The van der Waals surface area contributed by atoms with E-state index >= 15 is 0 Å². The van der Waals surface area contributed by atoms with Crippen LogP contribution in [0.1, 0.15) is 67.9 Å². The molecule has 1 aromatic carbocycles. The first-order chi connectivity index (χ1) is 14.5. The molecule has 0 unspecified atom stereocenters. The first-order valence-corrected chi connectivity index (χ1v) is 10.9. The minimum absolute atomic E-state index is 0.0792. The molecule has 1 aromatic heterocycles. The molecule has 1 aliphatic carbocycles. The molecule has 4 N–H and O–H groups in total. The summed E-state index contributed by atoms with van der Waals surface area (Å²) in [5, 5.41) is 14.5. The maximum atomic E-state index is 11.6. The highest BCUT2D eigenvalue weighted by atomic mass is 16.1. The Morgan fingerprint density at radius 1 is 1.10 bits per heavy atom. The van der Waals surface area contributed by atoms with Gasteiger partial charge in [-0.1, -0.05) is 12.1 Å². The molecular weight excluding hydrogens is 378 g/mol. The fraction of sp³-hybridized carbons (Fsp3) is 0.545.